The lowest BCUT2D eigenvalue weighted by Crippen LogP contribution is -2.34. The van der Waals surface area contributed by atoms with Crippen molar-refractivity contribution in [3.63, 3.8) is 0 Å². The van der Waals surface area contributed by atoms with E-state index in [2.05, 4.69) is 40.7 Å². The molecule has 8 nitrogen and oxygen atoms in total. The fraction of sp³-hybridized carbons (Fsp3) is 0.308. The molecule has 4 rings (SSSR count). The van der Waals surface area contributed by atoms with E-state index < -0.39 is 0 Å². The molecule has 0 amide bonds. The molecule has 3 aromatic heterocycles. The Hall–Kier alpha value is -2.77. The number of imidazole rings is 1. The highest BCUT2D eigenvalue weighted by molar-refractivity contribution is 5.30. The Labute approximate surface area is 121 Å². The summed E-state index contributed by atoms with van der Waals surface area (Å²) in [5.41, 5.74) is 0.992. The van der Waals surface area contributed by atoms with Gasteiger partial charge in [-0.2, -0.15) is 5.10 Å². The third-order valence-electron chi connectivity index (χ3n) is 3.48. The summed E-state index contributed by atoms with van der Waals surface area (Å²) in [4.78, 5) is 19.4. The van der Waals surface area contributed by atoms with E-state index in [0.29, 0.717) is 6.54 Å². The van der Waals surface area contributed by atoms with Crippen molar-refractivity contribution in [2.45, 2.75) is 19.6 Å². The summed E-state index contributed by atoms with van der Waals surface area (Å²) < 4.78 is 3.96. The van der Waals surface area contributed by atoms with Crippen LogP contribution in [0.15, 0.2) is 37.3 Å². The van der Waals surface area contributed by atoms with Crippen LogP contribution in [0, 0.1) is 0 Å². The van der Waals surface area contributed by atoms with Crippen LogP contribution < -0.4 is 4.90 Å². The van der Waals surface area contributed by atoms with Crippen molar-refractivity contribution in [1.29, 1.82) is 0 Å². The minimum absolute atomic E-state index is 0.641. The van der Waals surface area contributed by atoms with Crippen LogP contribution in [-0.2, 0) is 19.6 Å². The number of hydrogen-bond acceptors (Lipinski definition) is 6. The standard InChI is InChI=1S/C13H14N8/c1-2-15-13(16-3-1)20-5-4-19-6-11(18-12(19)8-20)7-21-10-14-9-17-21/h1-3,6,9-10H,4-5,7-8H2. The molecule has 0 aliphatic carbocycles. The van der Waals surface area contributed by atoms with E-state index in [9.17, 15) is 0 Å². The van der Waals surface area contributed by atoms with Gasteiger partial charge >= 0.3 is 0 Å². The van der Waals surface area contributed by atoms with Gasteiger partial charge in [-0.15, -0.1) is 0 Å². The molecule has 0 unspecified atom stereocenters. The van der Waals surface area contributed by atoms with Crippen LogP contribution in [0.3, 0.4) is 0 Å². The van der Waals surface area contributed by atoms with Crippen LogP contribution in [0.2, 0.25) is 0 Å². The summed E-state index contributed by atoms with van der Waals surface area (Å²) in [5.74, 6) is 1.79. The number of nitrogens with zero attached hydrogens (tertiary/aromatic N) is 8. The maximum Gasteiger partial charge on any atom is 0.225 e. The van der Waals surface area contributed by atoms with Gasteiger partial charge in [0.15, 0.2) is 0 Å². The predicted molar refractivity (Wildman–Crippen MR) is 74.4 cm³/mol. The van der Waals surface area contributed by atoms with Gasteiger partial charge in [-0.1, -0.05) is 0 Å². The highest BCUT2D eigenvalue weighted by Crippen LogP contribution is 2.17. The number of hydrogen-bond donors (Lipinski definition) is 0. The lowest BCUT2D eigenvalue weighted by atomic mass is 10.4. The second kappa shape index (κ2) is 4.97. The van der Waals surface area contributed by atoms with Crippen LogP contribution >= 0.6 is 0 Å². The molecule has 0 spiro atoms. The zero-order chi connectivity index (χ0) is 14.1. The zero-order valence-corrected chi connectivity index (χ0v) is 11.4. The lowest BCUT2D eigenvalue weighted by Gasteiger charge is -2.27. The third kappa shape index (κ3) is 2.35. The van der Waals surface area contributed by atoms with Crippen LogP contribution in [0.1, 0.15) is 11.5 Å². The van der Waals surface area contributed by atoms with Gasteiger partial charge < -0.3 is 9.47 Å². The van der Waals surface area contributed by atoms with Gasteiger partial charge in [-0.05, 0) is 6.07 Å². The summed E-state index contributed by atoms with van der Waals surface area (Å²) in [6, 6.07) is 1.82. The smallest absolute Gasteiger partial charge is 0.225 e. The average Bonchev–Trinajstić information content (AvgIpc) is 3.16. The molecular formula is C13H14N8. The second-order valence-electron chi connectivity index (χ2n) is 4.91. The van der Waals surface area contributed by atoms with Crippen molar-refractivity contribution >= 4 is 5.95 Å². The van der Waals surface area contributed by atoms with Gasteiger partial charge in [0.05, 0.1) is 18.8 Å². The van der Waals surface area contributed by atoms with Gasteiger partial charge in [0, 0.05) is 31.7 Å². The maximum atomic E-state index is 4.68. The Kier molecular flexibility index (Phi) is 2.84. The molecule has 106 valence electrons. The average molecular weight is 282 g/mol. The van der Waals surface area contributed by atoms with E-state index >= 15 is 0 Å². The van der Waals surface area contributed by atoms with E-state index in [0.717, 1.165) is 37.1 Å². The predicted octanol–water partition coefficient (Wildman–Crippen LogP) is 0.333. The molecule has 3 aromatic rings. The topological polar surface area (TPSA) is 77.5 Å². The molecule has 0 saturated carbocycles. The Morgan fingerprint density at radius 3 is 2.86 bits per heavy atom. The van der Waals surface area contributed by atoms with Gasteiger partial charge in [0.2, 0.25) is 5.95 Å². The van der Waals surface area contributed by atoms with E-state index in [1.165, 1.54) is 6.33 Å². The number of aromatic nitrogens is 7. The van der Waals surface area contributed by atoms with Crippen LogP contribution in [0.4, 0.5) is 5.95 Å². The maximum absolute atomic E-state index is 4.68. The van der Waals surface area contributed by atoms with Gasteiger partial charge in [0.1, 0.15) is 18.5 Å². The first kappa shape index (κ1) is 12.0. The second-order valence-corrected chi connectivity index (χ2v) is 4.91. The zero-order valence-electron chi connectivity index (χ0n) is 11.4. The van der Waals surface area contributed by atoms with Crippen LogP contribution in [0.5, 0.6) is 0 Å². The molecule has 21 heavy (non-hydrogen) atoms. The quantitative estimate of drug-likeness (QED) is 0.689. The molecule has 0 fully saturated rings. The first-order valence-electron chi connectivity index (χ1n) is 6.78. The van der Waals surface area contributed by atoms with Crippen molar-refractivity contribution in [3.05, 3.63) is 48.8 Å². The Balaban J connectivity index is 1.54. The fourth-order valence-corrected chi connectivity index (χ4v) is 2.49. The fourth-order valence-electron chi connectivity index (χ4n) is 2.49. The van der Waals surface area contributed by atoms with Gasteiger partial charge in [-0.3, -0.25) is 0 Å². The van der Waals surface area contributed by atoms with Crippen molar-refractivity contribution in [2.24, 2.45) is 0 Å². The summed E-state index contributed by atoms with van der Waals surface area (Å²) in [6.45, 7) is 3.14. The van der Waals surface area contributed by atoms with E-state index in [1.807, 2.05) is 6.07 Å². The molecule has 0 atom stereocenters. The first-order chi connectivity index (χ1) is 10.4. The van der Waals surface area contributed by atoms with Crippen LogP contribution in [0.25, 0.3) is 0 Å². The summed E-state index contributed by atoms with van der Waals surface area (Å²) in [7, 11) is 0. The van der Waals surface area contributed by atoms with E-state index in [1.54, 1.807) is 23.4 Å². The molecule has 4 heterocycles. The molecule has 8 heteroatoms. The lowest BCUT2D eigenvalue weighted by molar-refractivity contribution is 0.551. The Morgan fingerprint density at radius 2 is 2.05 bits per heavy atom. The van der Waals surface area contributed by atoms with Crippen molar-refractivity contribution in [1.82, 2.24) is 34.3 Å². The molecular weight excluding hydrogens is 268 g/mol. The Bertz CT molecular complexity index is 718. The highest BCUT2D eigenvalue weighted by atomic mass is 15.3. The molecule has 0 N–H and O–H groups in total. The first-order valence-corrected chi connectivity index (χ1v) is 6.78. The number of fused-ring (bicyclic) bond motifs is 1. The van der Waals surface area contributed by atoms with Gasteiger partial charge in [-0.25, -0.2) is 24.6 Å². The number of anilines is 1. The minimum Gasteiger partial charge on any atom is -0.332 e. The molecule has 0 bridgehead atoms. The summed E-state index contributed by atoms with van der Waals surface area (Å²) >= 11 is 0. The van der Waals surface area contributed by atoms with E-state index in [4.69, 9.17) is 0 Å². The number of rotatable bonds is 3. The summed E-state index contributed by atoms with van der Waals surface area (Å²) in [6.07, 6.45) is 8.84. The molecule has 0 aromatic carbocycles. The molecule has 1 aliphatic heterocycles. The van der Waals surface area contributed by atoms with Crippen molar-refractivity contribution in [3.8, 4) is 0 Å². The monoisotopic (exact) mass is 282 g/mol. The largest absolute Gasteiger partial charge is 0.332 e. The third-order valence-corrected chi connectivity index (χ3v) is 3.48. The molecule has 0 radical (unpaired) electrons. The summed E-state index contributed by atoms with van der Waals surface area (Å²) in [5, 5.41) is 4.11. The molecule has 0 saturated heterocycles. The Morgan fingerprint density at radius 1 is 1.14 bits per heavy atom. The van der Waals surface area contributed by atoms with E-state index in [-0.39, 0.29) is 0 Å². The normalized spacial score (nSPS) is 14.2. The van der Waals surface area contributed by atoms with Gasteiger partial charge in [0.25, 0.3) is 0 Å². The van der Waals surface area contributed by atoms with Crippen LogP contribution in [-0.4, -0.2) is 40.8 Å². The SMILES string of the molecule is c1cnc(N2CCn3cc(Cn4cncn4)nc3C2)nc1. The highest BCUT2D eigenvalue weighted by Gasteiger charge is 2.20. The van der Waals surface area contributed by atoms with Crippen molar-refractivity contribution < 1.29 is 0 Å². The van der Waals surface area contributed by atoms with Crippen molar-refractivity contribution in [2.75, 3.05) is 11.4 Å². The molecule has 1 aliphatic rings. The minimum atomic E-state index is 0.641.